The summed E-state index contributed by atoms with van der Waals surface area (Å²) in [5, 5.41) is 0. The summed E-state index contributed by atoms with van der Waals surface area (Å²) in [7, 11) is -0.623. The predicted molar refractivity (Wildman–Crippen MR) is 105 cm³/mol. The number of benzene rings is 2. The van der Waals surface area contributed by atoms with E-state index in [9.17, 15) is 13.2 Å². The Morgan fingerprint density at radius 1 is 0.962 bits per heavy atom. The Kier molecular flexibility index (Phi) is 6.08. The number of anilines is 1. The molecule has 0 unspecified atom stereocenters. The molecular weight excluding hydrogens is 348 g/mol. The summed E-state index contributed by atoms with van der Waals surface area (Å²) in [4.78, 5) is 13.8. The summed E-state index contributed by atoms with van der Waals surface area (Å²) < 4.78 is 27.5. The number of carbonyl (C=O) groups excluding carboxylic acids is 1. The molecule has 2 aromatic carbocycles. The lowest BCUT2D eigenvalue weighted by molar-refractivity contribution is -0.127. The smallest absolute Gasteiger partial charge is 0.264 e. The second-order valence-corrected chi connectivity index (χ2v) is 8.72. The van der Waals surface area contributed by atoms with Gasteiger partial charge in [-0.1, -0.05) is 43.7 Å². The van der Waals surface area contributed by atoms with Crippen LogP contribution >= 0.6 is 0 Å². The summed E-state index contributed by atoms with van der Waals surface area (Å²) in [5.74, 6) is 0.0586. The van der Waals surface area contributed by atoms with Crippen LogP contribution in [0.4, 0.5) is 5.69 Å². The first-order chi connectivity index (χ1) is 12.1. The van der Waals surface area contributed by atoms with Crippen LogP contribution in [0.3, 0.4) is 0 Å². The Morgan fingerprint density at radius 2 is 1.50 bits per heavy atom. The molecule has 6 heteroatoms. The highest BCUT2D eigenvalue weighted by molar-refractivity contribution is 7.92. The van der Waals surface area contributed by atoms with Crippen molar-refractivity contribution in [3.8, 4) is 0 Å². The van der Waals surface area contributed by atoms with Gasteiger partial charge < -0.3 is 4.90 Å². The standard InChI is InChI=1S/C20H26N2O3S/c1-15(2)17-8-10-18(11-9-17)22(14-20(23)21(4)5)26(24,25)19-12-6-16(3)7-13-19/h6-13,15H,14H2,1-5H3. The van der Waals surface area contributed by atoms with Crippen LogP contribution in [-0.4, -0.2) is 39.9 Å². The van der Waals surface area contributed by atoms with Gasteiger partial charge >= 0.3 is 0 Å². The van der Waals surface area contributed by atoms with Crippen molar-refractivity contribution in [1.82, 2.24) is 4.90 Å². The molecule has 0 heterocycles. The van der Waals surface area contributed by atoms with Crippen molar-refractivity contribution in [3.05, 3.63) is 59.7 Å². The molecule has 0 bridgehead atoms. The minimum atomic E-state index is -3.85. The van der Waals surface area contributed by atoms with Crippen LogP contribution in [0, 0.1) is 6.92 Å². The van der Waals surface area contributed by atoms with E-state index in [-0.39, 0.29) is 17.3 Å². The van der Waals surface area contributed by atoms with Crippen LogP contribution in [0.25, 0.3) is 0 Å². The second-order valence-electron chi connectivity index (χ2n) is 6.86. The molecular formula is C20H26N2O3S. The molecule has 1 amide bonds. The Balaban J connectivity index is 2.49. The molecule has 0 aromatic heterocycles. The van der Waals surface area contributed by atoms with Gasteiger partial charge in [0, 0.05) is 14.1 Å². The lowest BCUT2D eigenvalue weighted by Gasteiger charge is -2.26. The molecule has 140 valence electrons. The highest BCUT2D eigenvalue weighted by atomic mass is 32.2. The summed E-state index contributed by atoms with van der Waals surface area (Å²) >= 11 is 0. The Hall–Kier alpha value is -2.34. The van der Waals surface area contributed by atoms with Crippen LogP contribution in [0.2, 0.25) is 0 Å². The van der Waals surface area contributed by atoms with Gasteiger partial charge in [-0.15, -0.1) is 0 Å². The summed E-state index contributed by atoms with van der Waals surface area (Å²) in [5.41, 5.74) is 2.56. The zero-order chi connectivity index (χ0) is 19.5. The third kappa shape index (κ3) is 4.43. The van der Waals surface area contributed by atoms with Gasteiger partial charge in [-0.05, 0) is 42.7 Å². The summed E-state index contributed by atoms with van der Waals surface area (Å²) in [6.07, 6.45) is 0. The van der Waals surface area contributed by atoms with Gasteiger partial charge in [0.25, 0.3) is 10.0 Å². The Labute approximate surface area is 156 Å². The molecule has 5 nitrogen and oxygen atoms in total. The molecule has 0 N–H and O–H groups in total. The first-order valence-corrected chi connectivity index (χ1v) is 9.96. The van der Waals surface area contributed by atoms with E-state index in [1.165, 1.54) is 9.21 Å². The molecule has 2 rings (SSSR count). The van der Waals surface area contributed by atoms with E-state index in [0.29, 0.717) is 11.6 Å². The lowest BCUT2D eigenvalue weighted by atomic mass is 10.0. The van der Waals surface area contributed by atoms with Crippen molar-refractivity contribution < 1.29 is 13.2 Å². The zero-order valence-corrected chi connectivity index (χ0v) is 16.7. The van der Waals surface area contributed by atoms with Gasteiger partial charge in [0.2, 0.25) is 5.91 Å². The van der Waals surface area contributed by atoms with Gasteiger partial charge in [0.1, 0.15) is 6.54 Å². The van der Waals surface area contributed by atoms with E-state index >= 15 is 0 Å². The lowest BCUT2D eigenvalue weighted by Crippen LogP contribution is -2.40. The monoisotopic (exact) mass is 374 g/mol. The quantitative estimate of drug-likeness (QED) is 0.779. The average Bonchev–Trinajstić information content (AvgIpc) is 2.59. The first-order valence-electron chi connectivity index (χ1n) is 8.52. The molecule has 0 aliphatic carbocycles. The molecule has 0 saturated heterocycles. The first kappa shape index (κ1) is 20.0. The fourth-order valence-electron chi connectivity index (χ4n) is 2.44. The maximum atomic E-state index is 13.2. The van der Waals surface area contributed by atoms with E-state index < -0.39 is 10.0 Å². The van der Waals surface area contributed by atoms with Crippen LogP contribution < -0.4 is 4.31 Å². The van der Waals surface area contributed by atoms with Crippen molar-refractivity contribution in [2.45, 2.75) is 31.6 Å². The molecule has 0 fully saturated rings. The average molecular weight is 375 g/mol. The molecule has 0 atom stereocenters. The van der Waals surface area contributed by atoms with Crippen molar-refractivity contribution in [1.29, 1.82) is 0 Å². The van der Waals surface area contributed by atoms with Crippen molar-refractivity contribution >= 4 is 21.6 Å². The fourth-order valence-corrected chi connectivity index (χ4v) is 3.86. The number of carbonyl (C=O) groups is 1. The normalized spacial score (nSPS) is 11.5. The van der Waals surface area contributed by atoms with Gasteiger partial charge in [0.05, 0.1) is 10.6 Å². The molecule has 0 aliphatic rings. The van der Waals surface area contributed by atoms with E-state index in [4.69, 9.17) is 0 Å². The van der Waals surface area contributed by atoms with Gasteiger partial charge in [-0.2, -0.15) is 0 Å². The van der Waals surface area contributed by atoms with Crippen LogP contribution in [0.1, 0.15) is 30.9 Å². The maximum absolute atomic E-state index is 13.2. The topological polar surface area (TPSA) is 57.7 Å². The summed E-state index contributed by atoms with van der Waals surface area (Å²) in [6, 6.07) is 13.9. The number of rotatable bonds is 6. The second kappa shape index (κ2) is 7.91. The van der Waals surface area contributed by atoms with Crippen molar-refractivity contribution in [2.75, 3.05) is 24.9 Å². The van der Waals surface area contributed by atoms with Gasteiger partial charge in [-0.25, -0.2) is 8.42 Å². The van der Waals surface area contributed by atoms with Gasteiger partial charge in [0.15, 0.2) is 0 Å². The molecule has 0 aliphatic heterocycles. The molecule has 0 radical (unpaired) electrons. The highest BCUT2D eigenvalue weighted by Crippen LogP contribution is 2.26. The SMILES string of the molecule is Cc1ccc(S(=O)(=O)N(CC(=O)N(C)C)c2ccc(C(C)C)cc2)cc1. The molecule has 0 spiro atoms. The van der Waals surface area contributed by atoms with Crippen LogP contribution in [0.15, 0.2) is 53.4 Å². The number of amides is 1. The fraction of sp³-hybridized carbons (Fsp3) is 0.350. The largest absolute Gasteiger partial charge is 0.347 e. The summed E-state index contributed by atoms with van der Waals surface area (Å²) in [6.45, 7) is 5.80. The number of hydrogen-bond donors (Lipinski definition) is 0. The number of hydrogen-bond acceptors (Lipinski definition) is 3. The van der Waals surface area contributed by atoms with Crippen molar-refractivity contribution in [2.24, 2.45) is 0 Å². The van der Waals surface area contributed by atoms with E-state index in [1.54, 1.807) is 50.5 Å². The number of sulfonamides is 1. The minimum absolute atomic E-state index is 0.169. The predicted octanol–water partition coefficient (Wildman–Crippen LogP) is 3.40. The van der Waals surface area contributed by atoms with E-state index in [2.05, 4.69) is 13.8 Å². The third-order valence-electron chi connectivity index (χ3n) is 4.23. The number of likely N-dealkylation sites (N-methyl/N-ethyl adjacent to an activating group) is 1. The third-order valence-corrected chi connectivity index (χ3v) is 6.02. The minimum Gasteiger partial charge on any atom is -0.347 e. The molecule has 0 saturated carbocycles. The highest BCUT2D eigenvalue weighted by Gasteiger charge is 2.27. The number of nitrogens with zero attached hydrogens (tertiary/aromatic N) is 2. The molecule has 2 aromatic rings. The van der Waals surface area contributed by atoms with Crippen molar-refractivity contribution in [3.63, 3.8) is 0 Å². The van der Waals surface area contributed by atoms with Crippen LogP contribution in [-0.2, 0) is 14.8 Å². The van der Waals surface area contributed by atoms with E-state index in [0.717, 1.165) is 11.1 Å². The van der Waals surface area contributed by atoms with Crippen LogP contribution in [0.5, 0.6) is 0 Å². The van der Waals surface area contributed by atoms with E-state index in [1.807, 2.05) is 19.1 Å². The van der Waals surface area contributed by atoms with Gasteiger partial charge in [-0.3, -0.25) is 9.10 Å². The molecule has 26 heavy (non-hydrogen) atoms. The maximum Gasteiger partial charge on any atom is 0.264 e. The number of aryl methyl sites for hydroxylation is 1. The Morgan fingerprint density at radius 3 is 1.96 bits per heavy atom. The zero-order valence-electron chi connectivity index (χ0n) is 15.9. The Bertz CT molecular complexity index is 855.